The minimum atomic E-state index is -0.126. The summed E-state index contributed by atoms with van der Waals surface area (Å²) in [5.41, 5.74) is 2.28. The number of hydrogen-bond acceptors (Lipinski definition) is 5. The molecule has 0 aliphatic heterocycles. The van der Waals surface area contributed by atoms with E-state index in [1.165, 1.54) is 11.3 Å². The van der Waals surface area contributed by atoms with Crippen LogP contribution in [0.25, 0.3) is 10.1 Å². The molecular weight excluding hydrogens is 540 g/mol. The zero-order valence-corrected chi connectivity index (χ0v) is 25.2. The number of carbonyl (C=O) groups excluding carboxylic acids is 2. The van der Waals surface area contributed by atoms with Crippen molar-refractivity contribution in [3.63, 3.8) is 0 Å². The van der Waals surface area contributed by atoms with Crippen LogP contribution in [0.4, 0.5) is 11.4 Å². The molecule has 0 fully saturated rings. The number of carbonyl (C=O) groups is 2. The highest BCUT2D eigenvalue weighted by Crippen LogP contribution is 2.37. The molecule has 1 heterocycles. The minimum Gasteiger partial charge on any atom is -0.309 e. The summed E-state index contributed by atoms with van der Waals surface area (Å²) in [5, 5.41) is 1.22. The molecule has 40 heavy (non-hydrogen) atoms. The van der Waals surface area contributed by atoms with E-state index in [0.717, 1.165) is 47.4 Å². The third kappa shape index (κ3) is 7.29. The summed E-state index contributed by atoms with van der Waals surface area (Å²) in [6.07, 6.45) is 1.68. The Balaban J connectivity index is 1.64. The number of rotatable bonds is 12. The van der Waals surface area contributed by atoms with Crippen molar-refractivity contribution in [2.45, 2.75) is 12.8 Å². The van der Waals surface area contributed by atoms with Gasteiger partial charge in [-0.15, -0.1) is 11.3 Å². The number of nitrogens with zero attached hydrogens (tertiary/aromatic N) is 4. The molecule has 4 rings (SSSR count). The molecule has 0 radical (unpaired) electrons. The second-order valence-corrected chi connectivity index (χ2v) is 11.8. The quantitative estimate of drug-likeness (QED) is 0.187. The molecule has 0 bridgehead atoms. The van der Waals surface area contributed by atoms with Gasteiger partial charge in [0, 0.05) is 40.1 Å². The molecular formula is C32H37ClN4O2S. The van der Waals surface area contributed by atoms with Crippen LogP contribution < -0.4 is 9.80 Å². The molecule has 4 aromatic rings. The van der Waals surface area contributed by atoms with Crippen LogP contribution in [-0.4, -0.2) is 76.0 Å². The highest BCUT2D eigenvalue weighted by Gasteiger charge is 2.25. The monoisotopic (exact) mass is 576 g/mol. The van der Waals surface area contributed by atoms with E-state index in [9.17, 15) is 9.59 Å². The van der Waals surface area contributed by atoms with Gasteiger partial charge in [-0.3, -0.25) is 9.59 Å². The second-order valence-electron chi connectivity index (χ2n) is 10.4. The van der Waals surface area contributed by atoms with E-state index in [4.69, 9.17) is 11.6 Å². The fourth-order valence-corrected chi connectivity index (χ4v) is 6.12. The Hall–Kier alpha value is -3.23. The van der Waals surface area contributed by atoms with Crippen molar-refractivity contribution in [3.8, 4) is 0 Å². The van der Waals surface area contributed by atoms with Gasteiger partial charge in [0.15, 0.2) is 0 Å². The summed E-state index contributed by atoms with van der Waals surface area (Å²) in [4.78, 5) is 36.0. The molecule has 0 aliphatic rings. The normalized spacial score (nSPS) is 11.4. The zero-order valence-electron chi connectivity index (χ0n) is 23.6. The van der Waals surface area contributed by atoms with Gasteiger partial charge >= 0.3 is 0 Å². The number of thiophene rings is 1. The molecule has 0 saturated carbocycles. The number of para-hydroxylation sites is 2. The van der Waals surface area contributed by atoms with Crippen LogP contribution in [0.15, 0.2) is 78.9 Å². The number of amides is 2. The van der Waals surface area contributed by atoms with Crippen molar-refractivity contribution in [3.05, 3.63) is 94.3 Å². The first-order valence-electron chi connectivity index (χ1n) is 13.5. The molecule has 0 atom stereocenters. The SMILES string of the molecule is CN(C)CCCN(C(=O)c1ccc2c(Cl)c(C(=O)N(CCCN(C)C)c3ccccc3)sc2c1)c1ccccc1. The van der Waals surface area contributed by atoms with E-state index in [1.54, 1.807) is 4.90 Å². The summed E-state index contributed by atoms with van der Waals surface area (Å²) in [6, 6.07) is 25.0. The van der Waals surface area contributed by atoms with E-state index in [1.807, 2.05) is 112 Å². The van der Waals surface area contributed by atoms with Crippen molar-refractivity contribution in [1.29, 1.82) is 0 Å². The van der Waals surface area contributed by atoms with Gasteiger partial charge < -0.3 is 19.6 Å². The Morgan fingerprint density at radius 2 is 1.18 bits per heavy atom. The van der Waals surface area contributed by atoms with Crippen LogP contribution in [0.1, 0.15) is 32.9 Å². The fraction of sp³-hybridized carbons (Fsp3) is 0.312. The van der Waals surface area contributed by atoms with Crippen molar-refractivity contribution < 1.29 is 9.59 Å². The second kappa shape index (κ2) is 13.9. The van der Waals surface area contributed by atoms with Gasteiger partial charge in [0.1, 0.15) is 4.88 Å². The Kier molecular flexibility index (Phi) is 10.3. The summed E-state index contributed by atoms with van der Waals surface area (Å²) >= 11 is 8.16. The molecule has 3 aromatic carbocycles. The Morgan fingerprint density at radius 3 is 1.68 bits per heavy atom. The summed E-state index contributed by atoms with van der Waals surface area (Å²) in [7, 11) is 8.11. The molecule has 1 aromatic heterocycles. The van der Waals surface area contributed by atoms with Crippen molar-refractivity contribution in [2.24, 2.45) is 0 Å². The number of fused-ring (bicyclic) bond motifs is 1. The maximum atomic E-state index is 13.9. The van der Waals surface area contributed by atoms with E-state index in [0.29, 0.717) is 28.6 Å². The third-order valence-corrected chi connectivity index (χ3v) is 8.32. The highest BCUT2D eigenvalue weighted by atomic mass is 35.5. The smallest absolute Gasteiger partial charge is 0.269 e. The van der Waals surface area contributed by atoms with E-state index >= 15 is 0 Å². The van der Waals surface area contributed by atoms with Crippen LogP contribution in [-0.2, 0) is 0 Å². The van der Waals surface area contributed by atoms with Crippen LogP contribution in [0, 0.1) is 0 Å². The zero-order chi connectivity index (χ0) is 28.6. The van der Waals surface area contributed by atoms with E-state index in [-0.39, 0.29) is 11.8 Å². The van der Waals surface area contributed by atoms with Crippen molar-refractivity contribution in [1.82, 2.24) is 9.80 Å². The van der Waals surface area contributed by atoms with E-state index in [2.05, 4.69) is 9.80 Å². The lowest BCUT2D eigenvalue weighted by atomic mass is 10.1. The average molecular weight is 577 g/mol. The van der Waals surface area contributed by atoms with Gasteiger partial charge in [0.2, 0.25) is 0 Å². The Bertz CT molecular complexity index is 1420. The van der Waals surface area contributed by atoms with Gasteiger partial charge in [-0.05, 0) is 90.5 Å². The molecule has 8 heteroatoms. The fourth-order valence-electron chi connectivity index (χ4n) is 4.62. The van der Waals surface area contributed by atoms with Gasteiger partial charge in [-0.25, -0.2) is 0 Å². The van der Waals surface area contributed by atoms with Gasteiger partial charge in [0.05, 0.1) is 5.02 Å². The molecule has 2 amide bonds. The number of anilines is 2. The molecule has 0 aliphatic carbocycles. The lowest BCUT2D eigenvalue weighted by molar-refractivity contribution is 0.0980. The first-order valence-corrected chi connectivity index (χ1v) is 14.7. The van der Waals surface area contributed by atoms with Crippen LogP contribution in [0.2, 0.25) is 5.02 Å². The number of halogens is 1. The highest BCUT2D eigenvalue weighted by molar-refractivity contribution is 7.21. The molecule has 210 valence electrons. The predicted molar refractivity (Wildman–Crippen MR) is 169 cm³/mol. The summed E-state index contributed by atoms with van der Waals surface area (Å²) in [6.45, 7) is 2.93. The molecule has 0 spiro atoms. The topological polar surface area (TPSA) is 47.1 Å². The lowest BCUT2D eigenvalue weighted by Crippen LogP contribution is -2.33. The van der Waals surface area contributed by atoms with Crippen LogP contribution >= 0.6 is 22.9 Å². The average Bonchev–Trinajstić information content (AvgIpc) is 3.29. The van der Waals surface area contributed by atoms with Crippen LogP contribution in [0.3, 0.4) is 0 Å². The van der Waals surface area contributed by atoms with Gasteiger partial charge in [-0.1, -0.05) is 54.1 Å². The van der Waals surface area contributed by atoms with Crippen LogP contribution in [0.5, 0.6) is 0 Å². The largest absolute Gasteiger partial charge is 0.309 e. The molecule has 0 saturated heterocycles. The maximum absolute atomic E-state index is 13.9. The lowest BCUT2D eigenvalue weighted by Gasteiger charge is -2.24. The predicted octanol–water partition coefficient (Wildman–Crippen LogP) is 6.75. The first-order chi connectivity index (χ1) is 19.3. The standard InChI is InChI=1S/C32H37ClN4O2S/c1-34(2)19-11-21-36(25-13-7-5-8-14-25)31(38)24-17-18-27-28(23-24)40-30(29(27)33)32(39)37(22-12-20-35(3)4)26-15-9-6-10-16-26/h5-10,13-18,23H,11-12,19-22H2,1-4H3. The summed E-state index contributed by atoms with van der Waals surface area (Å²) < 4.78 is 0.821. The van der Waals surface area contributed by atoms with Crippen molar-refractivity contribution >= 4 is 56.2 Å². The third-order valence-electron chi connectivity index (χ3n) is 6.67. The van der Waals surface area contributed by atoms with Gasteiger partial charge in [0.25, 0.3) is 11.8 Å². The van der Waals surface area contributed by atoms with Crippen molar-refractivity contribution in [2.75, 3.05) is 64.2 Å². The molecule has 6 nitrogen and oxygen atoms in total. The Labute approximate surface area is 246 Å². The summed E-state index contributed by atoms with van der Waals surface area (Å²) in [5.74, 6) is -0.197. The number of hydrogen-bond donors (Lipinski definition) is 0. The first kappa shape index (κ1) is 29.7. The minimum absolute atomic E-state index is 0.0705. The number of benzene rings is 3. The molecule has 0 unspecified atom stereocenters. The Morgan fingerprint density at radius 1 is 0.675 bits per heavy atom. The van der Waals surface area contributed by atoms with E-state index < -0.39 is 0 Å². The van der Waals surface area contributed by atoms with Gasteiger partial charge in [-0.2, -0.15) is 0 Å². The maximum Gasteiger partial charge on any atom is 0.269 e. The molecule has 0 N–H and O–H groups in total.